The van der Waals surface area contributed by atoms with Gasteiger partial charge in [-0.25, -0.2) is 4.98 Å². The van der Waals surface area contributed by atoms with Crippen LogP contribution < -0.4 is 5.32 Å². The van der Waals surface area contributed by atoms with Gasteiger partial charge in [-0.2, -0.15) is 0 Å². The van der Waals surface area contributed by atoms with Crippen molar-refractivity contribution >= 4 is 11.7 Å². The Kier molecular flexibility index (Phi) is 4.55. The summed E-state index contributed by atoms with van der Waals surface area (Å²) in [5.41, 5.74) is 1.19. The lowest BCUT2D eigenvalue weighted by Crippen LogP contribution is -2.42. The lowest BCUT2D eigenvalue weighted by Gasteiger charge is -2.37. The molecule has 6 heteroatoms. The van der Waals surface area contributed by atoms with Gasteiger partial charge in [0.05, 0.1) is 5.92 Å². The molecule has 2 aromatic heterocycles. The average molecular weight is 340 g/mol. The molecular formula is C19H24N4O2. The van der Waals surface area contributed by atoms with Gasteiger partial charge in [-0.1, -0.05) is 6.07 Å². The number of nitrogens with zero attached hydrogens (tertiary/aromatic N) is 2. The van der Waals surface area contributed by atoms with Gasteiger partial charge in [-0.3, -0.25) is 9.69 Å². The van der Waals surface area contributed by atoms with Crippen LogP contribution in [0.4, 0.5) is 5.82 Å². The van der Waals surface area contributed by atoms with Crippen molar-refractivity contribution in [3.05, 3.63) is 48.4 Å². The van der Waals surface area contributed by atoms with Crippen molar-refractivity contribution < 1.29 is 9.53 Å². The standard InChI is InChI=1S/C19H24N4O2/c24-18(22-17-5-1-2-8-21-17)16-13-23(12-15-4-3-9-20-15)14-19(16)6-10-25-11-7-19/h1-5,8-9,16,20H,6-7,10-14H2,(H,21,22,24). The molecule has 2 aliphatic rings. The minimum absolute atomic E-state index is 0.00368. The number of aromatic amines is 1. The number of amides is 1. The Balaban J connectivity index is 1.51. The zero-order chi connectivity index (χ0) is 17.1. The van der Waals surface area contributed by atoms with E-state index in [0.717, 1.165) is 45.7 Å². The molecule has 1 atom stereocenters. The van der Waals surface area contributed by atoms with Crippen LogP contribution >= 0.6 is 0 Å². The van der Waals surface area contributed by atoms with E-state index in [1.165, 1.54) is 5.69 Å². The van der Waals surface area contributed by atoms with Gasteiger partial charge in [-0.15, -0.1) is 0 Å². The van der Waals surface area contributed by atoms with E-state index >= 15 is 0 Å². The Morgan fingerprint density at radius 1 is 1.32 bits per heavy atom. The summed E-state index contributed by atoms with van der Waals surface area (Å²) >= 11 is 0. The summed E-state index contributed by atoms with van der Waals surface area (Å²) in [7, 11) is 0. The fourth-order valence-corrected chi connectivity index (χ4v) is 4.19. The predicted octanol–water partition coefficient (Wildman–Crippen LogP) is 2.28. The number of carbonyl (C=O) groups excluding carboxylic acids is 1. The summed E-state index contributed by atoms with van der Waals surface area (Å²) in [6.45, 7) is 4.05. The summed E-state index contributed by atoms with van der Waals surface area (Å²) in [6.07, 6.45) is 5.52. The van der Waals surface area contributed by atoms with Gasteiger partial charge in [0.2, 0.25) is 5.91 Å². The maximum Gasteiger partial charge on any atom is 0.230 e. The fraction of sp³-hybridized carbons (Fsp3) is 0.474. The predicted molar refractivity (Wildman–Crippen MR) is 94.9 cm³/mol. The van der Waals surface area contributed by atoms with Crippen LogP contribution in [-0.2, 0) is 16.1 Å². The smallest absolute Gasteiger partial charge is 0.230 e. The summed E-state index contributed by atoms with van der Waals surface area (Å²) in [4.78, 5) is 22.9. The van der Waals surface area contributed by atoms with Crippen LogP contribution in [0.1, 0.15) is 18.5 Å². The summed E-state index contributed by atoms with van der Waals surface area (Å²) in [5.74, 6) is 0.667. The van der Waals surface area contributed by atoms with Gasteiger partial charge < -0.3 is 15.0 Å². The van der Waals surface area contributed by atoms with Crippen molar-refractivity contribution in [1.29, 1.82) is 0 Å². The second kappa shape index (κ2) is 6.98. The van der Waals surface area contributed by atoms with E-state index in [1.54, 1.807) is 6.20 Å². The molecular weight excluding hydrogens is 316 g/mol. The first-order valence-corrected chi connectivity index (χ1v) is 8.89. The van der Waals surface area contributed by atoms with Gasteiger partial charge in [0.15, 0.2) is 0 Å². The van der Waals surface area contributed by atoms with Crippen LogP contribution in [0, 0.1) is 11.3 Å². The van der Waals surface area contributed by atoms with Crippen LogP contribution in [0.5, 0.6) is 0 Å². The number of H-pyrrole nitrogens is 1. The monoisotopic (exact) mass is 340 g/mol. The average Bonchev–Trinajstić information content (AvgIpc) is 3.25. The number of carbonyl (C=O) groups is 1. The minimum Gasteiger partial charge on any atom is -0.381 e. The number of ether oxygens (including phenoxy) is 1. The molecule has 0 aliphatic carbocycles. The summed E-state index contributed by atoms with van der Waals surface area (Å²) in [5, 5.41) is 3.01. The highest BCUT2D eigenvalue weighted by Crippen LogP contribution is 2.45. The topological polar surface area (TPSA) is 70.2 Å². The van der Waals surface area contributed by atoms with Gasteiger partial charge in [0.25, 0.3) is 0 Å². The third-order valence-electron chi connectivity index (χ3n) is 5.50. The Bertz CT molecular complexity index is 695. The number of hydrogen-bond donors (Lipinski definition) is 2. The molecule has 0 radical (unpaired) electrons. The van der Waals surface area contributed by atoms with Gasteiger partial charge in [0, 0.05) is 56.4 Å². The molecule has 0 aromatic carbocycles. The summed E-state index contributed by atoms with van der Waals surface area (Å²) < 4.78 is 5.57. The van der Waals surface area contributed by atoms with Crippen molar-refractivity contribution in [2.24, 2.45) is 11.3 Å². The second-order valence-electron chi connectivity index (χ2n) is 7.10. The number of anilines is 1. The lowest BCUT2D eigenvalue weighted by atomic mass is 9.72. The molecule has 1 unspecified atom stereocenters. The highest BCUT2D eigenvalue weighted by molar-refractivity contribution is 5.92. The van der Waals surface area contributed by atoms with E-state index in [0.29, 0.717) is 5.82 Å². The number of hydrogen-bond acceptors (Lipinski definition) is 4. The van der Waals surface area contributed by atoms with E-state index in [-0.39, 0.29) is 17.2 Å². The van der Waals surface area contributed by atoms with E-state index in [4.69, 9.17) is 4.74 Å². The Morgan fingerprint density at radius 3 is 2.92 bits per heavy atom. The van der Waals surface area contributed by atoms with Crippen LogP contribution in [0.2, 0.25) is 0 Å². The molecule has 25 heavy (non-hydrogen) atoms. The van der Waals surface area contributed by atoms with Crippen molar-refractivity contribution in [1.82, 2.24) is 14.9 Å². The third-order valence-corrected chi connectivity index (χ3v) is 5.50. The molecule has 4 rings (SSSR count). The molecule has 1 amide bonds. The van der Waals surface area contributed by atoms with Gasteiger partial charge in [-0.05, 0) is 37.1 Å². The molecule has 1 spiro atoms. The number of likely N-dealkylation sites (tertiary alicyclic amines) is 1. The highest BCUT2D eigenvalue weighted by Gasteiger charge is 2.50. The first-order chi connectivity index (χ1) is 12.3. The first kappa shape index (κ1) is 16.3. The normalized spacial score (nSPS) is 23.0. The minimum atomic E-state index is -0.0339. The molecule has 0 saturated carbocycles. The maximum atomic E-state index is 13.0. The third kappa shape index (κ3) is 3.45. The fourth-order valence-electron chi connectivity index (χ4n) is 4.19. The zero-order valence-corrected chi connectivity index (χ0v) is 14.3. The number of rotatable bonds is 4. The molecule has 2 N–H and O–H groups in total. The molecule has 2 fully saturated rings. The van der Waals surface area contributed by atoms with Crippen molar-refractivity contribution in [2.45, 2.75) is 19.4 Å². The van der Waals surface area contributed by atoms with E-state index in [1.807, 2.05) is 30.5 Å². The van der Waals surface area contributed by atoms with Crippen molar-refractivity contribution in [2.75, 3.05) is 31.6 Å². The van der Waals surface area contributed by atoms with E-state index < -0.39 is 0 Å². The number of nitrogens with one attached hydrogen (secondary N) is 2. The van der Waals surface area contributed by atoms with Gasteiger partial charge >= 0.3 is 0 Å². The van der Waals surface area contributed by atoms with Crippen LogP contribution in [-0.4, -0.2) is 47.1 Å². The molecule has 0 bridgehead atoms. The van der Waals surface area contributed by atoms with E-state index in [2.05, 4.69) is 26.3 Å². The Labute approximate surface area is 147 Å². The zero-order valence-electron chi connectivity index (χ0n) is 14.3. The van der Waals surface area contributed by atoms with Crippen LogP contribution in [0.3, 0.4) is 0 Å². The molecule has 2 aromatic rings. The summed E-state index contributed by atoms with van der Waals surface area (Å²) in [6, 6.07) is 9.68. The molecule has 6 nitrogen and oxygen atoms in total. The maximum absolute atomic E-state index is 13.0. The molecule has 4 heterocycles. The second-order valence-corrected chi connectivity index (χ2v) is 7.10. The Morgan fingerprint density at radius 2 is 2.20 bits per heavy atom. The van der Waals surface area contributed by atoms with Gasteiger partial charge in [0.1, 0.15) is 5.82 Å². The number of pyridine rings is 1. The quantitative estimate of drug-likeness (QED) is 0.896. The SMILES string of the molecule is O=C(Nc1ccccn1)C1CN(Cc2ccc[nH]2)CC12CCOCC2. The van der Waals surface area contributed by atoms with Crippen molar-refractivity contribution in [3.8, 4) is 0 Å². The lowest BCUT2D eigenvalue weighted by molar-refractivity contribution is -0.124. The molecule has 132 valence electrons. The molecule has 2 aliphatic heterocycles. The van der Waals surface area contributed by atoms with Crippen LogP contribution in [0.15, 0.2) is 42.7 Å². The first-order valence-electron chi connectivity index (χ1n) is 8.89. The largest absolute Gasteiger partial charge is 0.381 e. The van der Waals surface area contributed by atoms with E-state index in [9.17, 15) is 4.79 Å². The van der Waals surface area contributed by atoms with Crippen LogP contribution in [0.25, 0.3) is 0 Å². The Hall–Kier alpha value is -2.18. The van der Waals surface area contributed by atoms with Crippen molar-refractivity contribution in [3.63, 3.8) is 0 Å². The number of aromatic nitrogens is 2. The highest BCUT2D eigenvalue weighted by atomic mass is 16.5. The molecule has 2 saturated heterocycles.